The van der Waals surface area contributed by atoms with Gasteiger partial charge in [-0.05, 0) is 24.3 Å². The van der Waals surface area contributed by atoms with Crippen molar-refractivity contribution < 1.29 is 9.32 Å². The van der Waals surface area contributed by atoms with Gasteiger partial charge < -0.3 is 9.84 Å². The number of fused-ring (bicyclic) bond motifs is 1. The molecule has 4 aromatic rings. The van der Waals surface area contributed by atoms with Crippen LogP contribution in [-0.2, 0) is 17.8 Å². The van der Waals surface area contributed by atoms with Crippen LogP contribution in [0.5, 0.6) is 0 Å². The van der Waals surface area contributed by atoms with Crippen molar-refractivity contribution in [3.05, 3.63) is 72.6 Å². The summed E-state index contributed by atoms with van der Waals surface area (Å²) in [6.45, 7) is 0.278. The minimum atomic E-state index is -0.157. The fourth-order valence-corrected chi connectivity index (χ4v) is 2.71. The van der Waals surface area contributed by atoms with E-state index in [1.54, 1.807) is 24.8 Å². The monoisotopic (exact) mass is 345 g/mol. The van der Waals surface area contributed by atoms with Gasteiger partial charge in [0, 0.05) is 35.7 Å². The van der Waals surface area contributed by atoms with Crippen LogP contribution in [0.3, 0.4) is 0 Å². The van der Waals surface area contributed by atoms with E-state index < -0.39 is 0 Å². The molecule has 4 rings (SSSR count). The van der Waals surface area contributed by atoms with E-state index in [1.807, 2.05) is 36.4 Å². The molecule has 1 amide bonds. The number of nitrogens with zero attached hydrogens (tertiary/aromatic N) is 4. The zero-order chi connectivity index (χ0) is 17.8. The summed E-state index contributed by atoms with van der Waals surface area (Å²) in [7, 11) is 0. The van der Waals surface area contributed by atoms with Crippen molar-refractivity contribution in [1.29, 1.82) is 0 Å². The highest BCUT2D eigenvalue weighted by atomic mass is 16.5. The highest BCUT2D eigenvalue weighted by Crippen LogP contribution is 2.19. The summed E-state index contributed by atoms with van der Waals surface area (Å²) in [6, 6.07) is 11.2. The summed E-state index contributed by atoms with van der Waals surface area (Å²) in [5, 5.41) is 7.70. The molecule has 7 heteroatoms. The molecule has 7 nitrogen and oxygen atoms in total. The average Bonchev–Trinajstić information content (AvgIpc) is 3.10. The van der Waals surface area contributed by atoms with Crippen molar-refractivity contribution in [3.63, 3.8) is 0 Å². The van der Waals surface area contributed by atoms with Gasteiger partial charge in [0.25, 0.3) is 0 Å². The summed E-state index contributed by atoms with van der Waals surface area (Å²) in [5.41, 5.74) is 3.61. The Morgan fingerprint density at radius 1 is 0.962 bits per heavy atom. The number of hydrogen-bond acceptors (Lipinski definition) is 6. The van der Waals surface area contributed by atoms with Gasteiger partial charge >= 0.3 is 0 Å². The minimum Gasteiger partial charge on any atom is -0.356 e. The lowest BCUT2D eigenvalue weighted by atomic mass is 10.1. The Balaban J connectivity index is 1.47. The molecule has 0 fully saturated rings. The molecule has 128 valence electrons. The lowest BCUT2D eigenvalue weighted by molar-refractivity contribution is -0.120. The highest BCUT2D eigenvalue weighted by molar-refractivity contribution is 5.86. The van der Waals surface area contributed by atoms with Gasteiger partial charge in [-0.25, -0.2) is 0 Å². The second kappa shape index (κ2) is 7.10. The number of nitrogens with one attached hydrogen (secondary N) is 1. The Kier molecular flexibility index (Phi) is 4.34. The van der Waals surface area contributed by atoms with Crippen LogP contribution in [0.2, 0.25) is 0 Å². The topological polar surface area (TPSA) is 93.8 Å². The third kappa shape index (κ3) is 3.27. The Hall–Kier alpha value is -3.61. The summed E-state index contributed by atoms with van der Waals surface area (Å²) in [5.74, 6) is -0.157. The molecule has 0 spiro atoms. The molecule has 1 aromatic carbocycles. The standard InChI is InChI=1S/C19H15N5O2/c25-18(11-15-14-3-1-2-4-17(14)26-24-15)23-12-16-19(22-10-9-21-16)13-5-7-20-8-6-13/h1-10H,11-12H2,(H,23,25). The fourth-order valence-electron chi connectivity index (χ4n) is 2.71. The van der Waals surface area contributed by atoms with E-state index in [4.69, 9.17) is 4.52 Å². The number of carbonyl (C=O) groups is 1. The summed E-state index contributed by atoms with van der Waals surface area (Å²) in [4.78, 5) is 25.0. The van der Waals surface area contributed by atoms with E-state index in [0.29, 0.717) is 17.0 Å². The second-order valence-electron chi connectivity index (χ2n) is 5.67. The SMILES string of the molecule is O=C(Cc1noc2ccccc12)NCc1nccnc1-c1ccncc1. The first kappa shape index (κ1) is 15.9. The van der Waals surface area contributed by atoms with Crippen molar-refractivity contribution in [2.24, 2.45) is 0 Å². The number of para-hydroxylation sites is 1. The first-order chi connectivity index (χ1) is 12.8. The third-order valence-electron chi connectivity index (χ3n) is 3.96. The van der Waals surface area contributed by atoms with Gasteiger partial charge in [-0.2, -0.15) is 0 Å². The lowest BCUT2D eigenvalue weighted by Crippen LogP contribution is -2.25. The molecule has 0 aliphatic heterocycles. The van der Waals surface area contributed by atoms with Crippen LogP contribution in [0.25, 0.3) is 22.2 Å². The van der Waals surface area contributed by atoms with Gasteiger partial charge in [0.05, 0.1) is 24.4 Å². The zero-order valence-electron chi connectivity index (χ0n) is 13.8. The molecule has 3 aromatic heterocycles. The van der Waals surface area contributed by atoms with E-state index in [2.05, 4.69) is 25.4 Å². The van der Waals surface area contributed by atoms with Crippen molar-refractivity contribution >= 4 is 16.9 Å². The predicted octanol–water partition coefficient (Wildman–Crippen LogP) is 2.54. The number of rotatable bonds is 5. The molecule has 0 aliphatic rings. The number of pyridine rings is 1. The van der Waals surface area contributed by atoms with E-state index in [0.717, 1.165) is 16.6 Å². The Labute approximate surface area is 149 Å². The van der Waals surface area contributed by atoms with Crippen LogP contribution in [0, 0.1) is 0 Å². The van der Waals surface area contributed by atoms with E-state index in [-0.39, 0.29) is 18.9 Å². The fraction of sp³-hybridized carbons (Fsp3) is 0.105. The molecule has 0 unspecified atom stereocenters. The van der Waals surface area contributed by atoms with Crippen molar-refractivity contribution in [2.45, 2.75) is 13.0 Å². The van der Waals surface area contributed by atoms with Crippen molar-refractivity contribution in [3.8, 4) is 11.3 Å². The molecule has 0 saturated heterocycles. The largest absolute Gasteiger partial charge is 0.356 e. The number of hydrogen-bond donors (Lipinski definition) is 1. The molecule has 0 radical (unpaired) electrons. The average molecular weight is 345 g/mol. The van der Waals surface area contributed by atoms with Gasteiger partial charge in [0.2, 0.25) is 5.91 Å². The van der Waals surface area contributed by atoms with Crippen LogP contribution in [0.15, 0.2) is 65.7 Å². The Bertz CT molecular complexity index is 1050. The zero-order valence-corrected chi connectivity index (χ0v) is 13.8. The lowest BCUT2D eigenvalue weighted by Gasteiger charge is -2.08. The number of carbonyl (C=O) groups excluding carboxylic acids is 1. The summed E-state index contributed by atoms with van der Waals surface area (Å²) in [6.07, 6.45) is 6.77. The summed E-state index contributed by atoms with van der Waals surface area (Å²) >= 11 is 0. The van der Waals surface area contributed by atoms with Gasteiger partial charge in [-0.1, -0.05) is 17.3 Å². The van der Waals surface area contributed by atoms with Gasteiger partial charge in [0.15, 0.2) is 5.58 Å². The molecule has 0 aliphatic carbocycles. The van der Waals surface area contributed by atoms with Gasteiger partial charge in [-0.15, -0.1) is 0 Å². The number of amides is 1. The highest BCUT2D eigenvalue weighted by Gasteiger charge is 2.13. The normalized spacial score (nSPS) is 10.8. The third-order valence-corrected chi connectivity index (χ3v) is 3.96. The molecule has 1 N–H and O–H groups in total. The number of aromatic nitrogens is 4. The number of benzene rings is 1. The molecular weight excluding hydrogens is 330 g/mol. The maximum Gasteiger partial charge on any atom is 0.226 e. The second-order valence-corrected chi connectivity index (χ2v) is 5.67. The minimum absolute atomic E-state index is 0.141. The molecule has 26 heavy (non-hydrogen) atoms. The van der Waals surface area contributed by atoms with E-state index >= 15 is 0 Å². The van der Waals surface area contributed by atoms with Gasteiger partial charge in [-0.3, -0.25) is 19.7 Å². The maximum atomic E-state index is 12.3. The van der Waals surface area contributed by atoms with Crippen molar-refractivity contribution in [2.75, 3.05) is 0 Å². The summed E-state index contributed by atoms with van der Waals surface area (Å²) < 4.78 is 5.23. The van der Waals surface area contributed by atoms with Crippen molar-refractivity contribution in [1.82, 2.24) is 25.4 Å². The molecule has 0 bridgehead atoms. The van der Waals surface area contributed by atoms with Gasteiger partial charge in [0.1, 0.15) is 5.69 Å². The smallest absolute Gasteiger partial charge is 0.226 e. The van der Waals surface area contributed by atoms with Crippen LogP contribution in [0.1, 0.15) is 11.4 Å². The predicted molar refractivity (Wildman–Crippen MR) is 94.8 cm³/mol. The van der Waals surface area contributed by atoms with E-state index in [9.17, 15) is 4.79 Å². The molecular formula is C19H15N5O2. The molecule has 3 heterocycles. The Morgan fingerprint density at radius 2 is 1.77 bits per heavy atom. The van der Waals surface area contributed by atoms with Crippen LogP contribution in [-0.4, -0.2) is 26.0 Å². The molecule has 0 saturated carbocycles. The van der Waals surface area contributed by atoms with Crippen LogP contribution < -0.4 is 5.32 Å². The first-order valence-electron chi connectivity index (χ1n) is 8.11. The quantitative estimate of drug-likeness (QED) is 0.597. The van der Waals surface area contributed by atoms with E-state index in [1.165, 1.54) is 0 Å². The first-order valence-corrected chi connectivity index (χ1v) is 8.11. The Morgan fingerprint density at radius 3 is 2.65 bits per heavy atom. The van der Waals surface area contributed by atoms with Crippen LogP contribution in [0.4, 0.5) is 0 Å². The maximum absolute atomic E-state index is 12.3. The van der Waals surface area contributed by atoms with Crippen LogP contribution >= 0.6 is 0 Å². The molecule has 0 atom stereocenters.